The minimum Gasteiger partial charge on any atom is -0.381 e. The Balaban J connectivity index is 1.51. The fourth-order valence-corrected chi connectivity index (χ4v) is 4.39. The van der Waals surface area contributed by atoms with Crippen LogP contribution in [-0.2, 0) is 17.3 Å². The fraction of sp³-hybridized carbons (Fsp3) is 0.650. The second-order valence-corrected chi connectivity index (χ2v) is 8.04. The van der Waals surface area contributed by atoms with E-state index in [2.05, 4.69) is 20.9 Å². The molecule has 2 aromatic rings. The summed E-state index contributed by atoms with van der Waals surface area (Å²) in [6.07, 6.45) is 9.18. The van der Waals surface area contributed by atoms with Gasteiger partial charge in [0.25, 0.3) is 0 Å². The molecule has 0 atom stereocenters. The molecule has 0 radical (unpaired) electrons. The molecule has 0 spiro atoms. The van der Waals surface area contributed by atoms with Crippen LogP contribution >= 0.6 is 0 Å². The average molecular weight is 387 g/mol. The predicted molar refractivity (Wildman–Crippen MR) is 104 cm³/mol. The van der Waals surface area contributed by atoms with E-state index in [1.54, 1.807) is 4.68 Å². The number of nitrogens with one attached hydrogen (secondary N) is 2. The van der Waals surface area contributed by atoms with Gasteiger partial charge in [0.2, 0.25) is 0 Å². The number of carbonyl (C=O) groups excluding carboxylic acids is 1. The number of anilines is 1. The Morgan fingerprint density at radius 1 is 1.25 bits per heavy atom. The van der Waals surface area contributed by atoms with E-state index in [0.29, 0.717) is 37.7 Å². The van der Waals surface area contributed by atoms with E-state index in [4.69, 9.17) is 9.26 Å². The second kappa shape index (κ2) is 7.95. The predicted octanol–water partition coefficient (Wildman–Crippen LogP) is 3.59. The van der Waals surface area contributed by atoms with Gasteiger partial charge in [-0.1, -0.05) is 24.4 Å². The van der Waals surface area contributed by atoms with Crippen LogP contribution in [0.15, 0.2) is 16.8 Å². The Hall–Kier alpha value is -2.35. The minimum atomic E-state index is -0.600. The molecule has 28 heavy (non-hydrogen) atoms. The Labute approximate surface area is 165 Å². The molecule has 2 aliphatic rings. The standard InChI is InChI=1S/C20H29N5O3/c1-14-12-17(28-24-14)20(8-10-27-11-9-20)22-19(26)21-16-13-25(2)23-18(16)15-6-4-3-5-7-15/h12-13,15H,3-11H2,1-2H3,(H2,21,22,26). The number of carbonyl (C=O) groups is 1. The molecule has 2 fully saturated rings. The zero-order chi connectivity index (χ0) is 19.6. The van der Waals surface area contributed by atoms with Crippen LogP contribution in [0.3, 0.4) is 0 Å². The number of rotatable bonds is 4. The average Bonchev–Trinajstić information content (AvgIpc) is 3.29. The van der Waals surface area contributed by atoms with Gasteiger partial charge in [-0.3, -0.25) is 4.68 Å². The summed E-state index contributed by atoms with van der Waals surface area (Å²) in [4.78, 5) is 12.9. The highest BCUT2D eigenvalue weighted by atomic mass is 16.5. The first-order valence-corrected chi connectivity index (χ1v) is 10.2. The topological polar surface area (TPSA) is 94.2 Å². The number of hydrogen-bond donors (Lipinski definition) is 2. The zero-order valence-electron chi connectivity index (χ0n) is 16.7. The van der Waals surface area contributed by atoms with E-state index in [0.717, 1.165) is 29.9 Å². The van der Waals surface area contributed by atoms with Gasteiger partial charge in [0.1, 0.15) is 5.54 Å². The summed E-state index contributed by atoms with van der Waals surface area (Å²) >= 11 is 0. The highest BCUT2D eigenvalue weighted by molar-refractivity contribution is 5.90. The van der Waals surface area contributed by atoms with E-state index in [1.807, 2.05) is 26.2 Å². The summed E-state index contributed by atoms with van der Waals surface area (Å²) in [5, 5.41) is 14.8. The Bertz CT molecular complexity index is 816. The molecule has 4 rings (SSSR count). The lowest BCUT2D eigenvalue weighted by molar-refractivity contribution is 0.0307. The van der Waals surface area contributed by atoms with Crippen molar-refractivity contribution in [2.75, 3.05) is 18.5 Å². The number of amides is 2. The molecule has 2 aromatic heterocycles. The molecular weight excluding hydrogens is 358 g/mol. The number of ether oxygens (including phenoxy) is 1. The van der Waals surface area contributed by atoms with Crippen molar-refractivity contribution in [3.63, 3.8) is 0 Å². The number of urea groups is 1. The van der Waals surface area contributed by atoms with E-state index >= 15 is 0 Å². The molecule has 0 unspecified atom stereocenters. The number of hydrogen-bond acceptors (Lipinski definition) is 5. The highest BCUT2D eigenvalue weighted by Gasteiger charge is 2.40. The summed E-state index contributed by atoms with van der Waals surface area (Å²) in [5.74, 6) is 1.10. The van der Waals surface area contributed by atoms with Crippen molar-refractivity contribution in [3.05, 3.63) is 29.4 Å². The maximum Gasteiger partial charge on any atom is 0.320 e. The lowest BCUT2D eigenvalue weighted by atomic mass is 9.86. The van der Waals surface area contributed by atoms with Crippen LogP contribution < -0.4 is 10.6 Å². The third-order valence-electron chi connectivity index (χ3n) is 5.90. The number of nitrogens with zero attached hydrogens (tertiary/aromatic N) is 3. The Kier molecular flexibility index (Phi) is 5.39. The molecule has 2 amide bonds. The van der Waals surface area contributed by atoms with Crippen molar-refractivity contribution in [2.45, 2.75) is 63.3 Å². The number of aryl methyl sites for hydroxylation is 2. The Morgan fingerprint density at radius 2 is 2.00 bits per heavy atom. The van der Waals surface area contributed by atoms with Gasteiger partial charge >= 0.3 is 6.03 Å². The molecule has 3 heterocycles. The maximum absolute atomic E-state index is 12.9. The van der Waals surface area contributed by atoms with Crippen molar-refractivity contribution in [3.8, 4) is 0 Å². The first kappa shape index (κ1) is 19.0. The maximum atomic E-state index is 12.9. The van der Waals surface area contributed by atoms with Crippen LogP contribution in [0.25, 0.3) is 0 Å². The fourth-order valence-electron chi connectivity index (χ4n) is 4.39. The van der Waals surface area contributed by atoms with E-state index in [9.17, 15) is 4.79 Å². The van der Waals surface area contributed by atoms with Gasteiger partial charge in [0.15, 0.2) is 5.76 Å². The minimum absolute atomic E-state index is 0.249. The molecule has 0 aromatic carbocycles. The monoisotopic (exact) mass is 387 g/mol. The molecule has 2 N–H and O–H groups in total. The molecule has 1 saturated carbocycles. The van der Waals surface area contributed by atoms with Gasteiger partial charge < -0.3 is 19.9 Å². The summed E-state index contributed by atoms with van der Waals surface area (Å²) in [5.41, 5.74) is 1.99. The van der Waals surface area contributed by atoms with Crippen molar-refractivity contribution in [2.24, 2.45) is 7.05 Å². The first-order chi connectivity index (χ1) is 13.6. The first-order valence-electron chi connectivity index (χ1n) is 10.2. The molecule has 1 aliphatic carbocycles. The SMILES string of the molecule is Cc1cc(C2(NC(=O)Nc3cn(C)nc3C3CCCCC3)CCOCC2)on1. The second-order valence-electron chi connectivity index (χ2n) is 8.04. The summed E-state index contributed by atoms with van der Waals surface area (Å²) in [6, 6.07) is 1.64. The van der Waals surface area contributed by atoms with Crippen LogP contribution in [0.5, 0.6) is 0 Å². The van der Waals surface area contributed by atoms with Gasteiger partial charge in [-0.2, -0.15) is 5.10 Å². The van der Waals surface area contributed by atoms with Crippen molar-refractivity contribution in [1.82, 2.24) is 20.3 Å². The molecule has 1 aliphatic heterocycles. The van der Waals surface area contributed by atoms with E-state index in [1.165, 1.54) is 19.3 Å². The largest absolute Gasteiger partial charge is 0.381 e. The van der Waals surface area contributed by atoms with Crippen LogP contribution in [-0.4, -0.2) is 34.2 Å². The van der Waals surface area contributed by atoms with Gasteiger partial charge in [0.05, 0.1) is 17.1 Å². The smallest absolute Gasteiger partial charge is 0.320 e. The number of aromatic nitrogens is 3. The highest BCUT2D eigenvalue weighted by Crippen LogP contribution is 2.36. The van der Waals surface area contributed by atoms with Crippen LogP contribution in [0, 0.1) is 6.92 Å². The van der Waals surface area contributed by atoms with E-state index < -0.39 is 5.54 Å². The molecule has 0 bridgehead atoms. The molecule has 8 nitrogen and oxygen atoms in total. The van der Waals surface area contributed by atoms with Crippen LogP contribution in [0.4, 0.5) is 10.5 Å². The quantitative estimate of drug-likeness (QED) is 0.836. The lowest BCUT2D eigenvalue weighted by Crippen LogP contribution is -2.50. The summed E-state index contributed by atoms with van der Waals surface area (Å²) in [6.45, 7) is 3.02. The van der Waals surface area contributed by atoms with Crippen molar-refractivity contribution < 1.29 is 14.1 Å². The van der Waals surface area contributed by atoms with Crippen LogP contribution in [0.2, 0.25) is 0 Å². The molecular formula is C20H29N5O3. The van der Waals surface area contributed by atoms with Gasteiger partial charge in [-0.15, -0.1) is 0 Å². The normalized spacial score (nSPS) is 20.1. The Morgan fingerprint density at radius 3 is 2.68 bits per heavy atom. The third-order valence-corrected chi connectivity index (χ3v) is 5.90. The van der Waals surface area contributed by atoms with Gasteiger partial charge in [-0.05, 0) is 19.8 Å². The van der Waals surface area contributed by atoms with Crippen molar-refractivity contribution >= 4 is 11.7 Å². The molecule has 8 heteroatoms. The summed E-state index contributed by atoms with van der Waals surface area (Å²) in [7, 11) is 1.90. The van der Waals surface area contributed by atoms with Gasteiger partial charge in [-0.25, -0.2) is 4.79 Å². The third kappa shape index (κ3) is 3.92. The molecule has 1 saturated heterocycles. The summed E-state index contributed by atoms with van der Waals surface area (Å²) < 4.78 is 12.8. The van der Waals surface area contributed by atoms with Crippen molar-refractivity contribution in [1.29, 1.82) is 0 Å². The van der Waals surface area contributed by atoms with E-state index in [-0.39, 0.29) is 6.03 Å². The zero-order valence-corrected chi connectivity index (χ0v) is 16.7. The van der Waals surface area contributed by atoms with Crippen LogP contribution in [0.1, 0.15) is 68.0 Å². The molecule has 152 valence electrons. The lowest BCUT2D eigenvalue weighted by Gasteiger charge is -2.35. The van der Waals surface area contributed by atoms with Gasteiger partial charge in [0, 0.05) is 51.3 Å².